The Kier molecular flexibility index (Phi) is 12.7. The highest BCUT2D eigenvalue weighted by atomic mass is 32.1. The summed E-state index contributed by atoms with van der Waals surface area (Å²) in [4.78, 5) is 33.8. The summed E-state index contributed by atoms with van der Waals surface area (Å²) in [6, 6.07) is 22.3. The SMILES string of the molecule is CCCN(Cc1nc(C)cs1)C(=O)c1cc(CC)cc(C(=O)N[C@@H](Cc2ccccc2)[C@H](O)CNCc2cccc(OC)c2)c1. The molecule has 4 aromatic rings. The monoisotopic (exact) mass is 628 g/mol. The quantitative estimate of drug-likeness (QED) is 0.150. The molecule has 3 aromatic carbocycles. The first-order valence-electron chi connectivity index (χ1n) is 15.5. The number of amides is 2. The fraction of sp³-hybridized carbons (Fsp3) is 0.361. The highest BCUT2D eigenvalue weighted by Crippen LogP contribution is 2.19. The molecule has 0 spiro atoms. The highest BCUT2D eigenvalue weighted by molar-refractivity contribution is 7.09. The van der Waals surface area contributed by atoms with Crippen molar-refractivity contribution < 1.29 is 19.4 Å². The molecule has 238 valence electrons. The van der Waals surface area contributed by atoms with Crippen molar-refractivity contribution in [2.24, 2.45) is 0 Å². The van der Waals surface area contributed by atoms with Gasteiger partial charge in [-0.1, -0.05) is 56.3 Å². The van der Waals surface area contributed by atoms with E-state index in [-0.39, 0.29) is 18.4 Å². The normalized spacial score (nSPS) is 12.4. The number of benzene rings is 3. The average molecular weight is 629 g/mol. The summed E-state index contributed by atoms with van der Waals surface area (Å²) in [5.74, 6) is 0.314. The number of methoxy groups -OCH3 is 1. The number of aliphatic hydroxyl groups is 1. The molecule has 1 heterocycles. The van der Waals surface area contributed by atoms with Crippen LogP contribution in [-0.4, -0.2) is 59.1 Å². The summed E-state index contributed by atoms with van der Waals surface area (Å²) in [6.07, 6.45) is 1.06. The summed E-state index contributed by atoms with van der Waals surface area (Å²) in [7, 11) is 1.63. The molecular weight excluding hydrogens is 584 g/mol. The van der Waals surface area contributed by atoms with Crippen LogP contribution >= 0.6 is 11.3 Å². The summed E-state index contributed by atoms with van der Waals surface area (Å²) in [5, 5.41) is 20.6. The largest absolute Gasteiger partial charge is 0.497 e. The van der Waals surface area contributed by atoms with Gasteiger partial charge in [-0.05, 0) is 73.2 Å². The maximum absolute atomic E-state index is 13.8. The van der Waals surface area contributed by atoms with Gasteiger partial charge in [0, 0.05) is 41.8 Å². The van der Waals surface area contributed by atoms with Gasteiger partial charge in [0.05, 0.1) is 25.8 Å². The third kappa shape index (κ3) is 9.97. The predicted molar refractivity (Wildman–Crippen MR) is 180 cm³/mol. The maximum Gasteiger partial charge on any atom is 0.254 e. The van der Waals surface area contributed by atoms with Crippen molar-refractivity contribution >= 4 is 23.2 Å². The minimum absolute atomic E-state index is 0.128. The van der Waals surface area contributed by atoms with E-state index < -0.39 is 12.1 Å². The summed E-state index contributed by atoms with van der Waals surface area (Å²) in [6.45, 7) is 7.82. The molecule has 45 heavy (non-hydrogen) atoms. The Balaban J connectivity index is 1.51. The zero-order chi connectivity index (χ0) is 32.2. The standard InChI is InChI=1S/C36H44N4O4S/c1-5-15-40(23-34-38-25(3)24-45-34)36(43)30-17-26(6-2)16-29(20-30)35(42)39-32(19-27-11-8-7-9-12-27)33(41)22-37-21-28-13-10-14-31(18-28)44-4/h7-14,16-18,20,24,32-33,37,41H,5-6,15,19,21-23H2,1-4H3,(H,39,42)/t32-,33+/m0/s1. The van der Waals surface area contributed by atoms with Gasteiger partial charge in [-0.3, -0.25) is 9.59 Å². The molecule has 3 N–H and O–H groups in total. The molecule has 0 aliphatic rings. The molecule has 9 heteroatoms. The Hall–Kier alpha value is -4.05. The van der Waals surface area contributed by atoms with Crippen molar-refractivity contribution in [3.63, 3.8) is 0 Å². The van der Waals surface area contributed by atoms with Crippen molar-refractivity contribution in [2.75, 3.05) is 20.2 Å². The minimum Gasteiger partial charge on any atom is -0.497 e. The minimum atomic E-state index is -0.864. The third-order valence-electron chi connectivity index (χ3n) is 7.58. The smallest absolute Gasteiger partial charge is 0.254 e. The molecule has 0 saturated carbocycles. The van der Waals surface area contributed by atoms with Gasteiger partial charge in [0.25, 0.3) is 11.8 Å². The Labute approximate surface area is 270 Å². The van der Waals surface area contributed by atoms with Crippen LogP contribution in [0.3, 0.4) is 0 Å². The first kappa shape index (κ1) is 33.8. The van der Waals surface area contributed by atoms with E-state index >= 15 is 0 Å². The van der Waals surface area contributed by atoms with E-state index in [0.29, 0.717) is 43.6 Å². The number of nitrogens with one attached hydrogen (secondary N) is 2. The Morgan fingerprint density at radius 2 is 1.73 bits per heavy atom. The van der Waals surface area contributed by atoms with Crippen molar-refractivity contribution in [3.8, 4) is 5.75 Å². The van der Waals surface area contributed by atoms with Gasteiger partial charge in [0.1, 0.15) is 10.8 Å². The lowest BCUT2D eigenvalue weighted by Crippen LogP contribution is -2.48. The number of aryl methyl sites for hydroxylation is 2. The van der Waals surface area contributed by atoms with Crippen LogP contribution in [-0.2, 0) is 25.9 Å². The molecule has 2 atom stereocenters. The van der Waals surface area contributed by atoms with Gasteiger partial charge in [-0.15, -0.1) is 11.3 Å². The summed E-state index contributed by atoms with van der Waals surface area (Å²) in [5.41, 5.74) is 4.73. The molecular formula is C36H44N4O4S. The number of thiazole rings is 1. The molecule has 1 aromatic heterocycles. The van der Waals surface area contributed by atoms with Gasteiger partial charge < -0.3 is 25.4 Å². The number of carbonyl (C=O) groups is 2. The average Bonchev–Trinajstić information content (AvgIpc) is 3.48. The van der Waals surface area contributed by atoms with Gasteiger partial charge >= 0.3 is 0 Å². The fourth-order valence-corrected chi connectivity index (χ4v) is 5.97. The number of carbonyl (C=O) groups excluding carboxylic acids is 2. The summed E-state index contributed by atoms with van der Waals surface area (Å²) >= 11 is 1.54. The van der Waals surface area contributed by atoms with E-state index in [9.17, 15) is 14.7 Å². The lowest BCUT2D eigenvalue weighted by molar-refractivity contribution is 0.0742. The molecule has 2 amide bonds. The van der Waals surface area contributed by atoms with Gasteiger partial charge in [0.2, 0.25) is 0 Å². The molecule has 0 unspecified atom stereocenters. The van der Waals surface area contributed by atoms with Crippen LogP contribution in [0.1, 0.15) is 68.4 Å². The molecule has 0 aliphatic heterocycles. The Morgan fingerprint density at radius 1 is 0.978 bits per heavy atom. The number of ether oxygens (including phenoxy) is 1. The first-order chi connectivity index (χ1) is 21.8. The van der Waals surface area contributed by atoms with Crippen LogP contribution in [0.15, 0.2) is 78.2 Å². The first-order valence-corrected chi connectivity index (χ1v) is 16.4. The van der Waals surface area contributed by atoms with Crippen LogP contribution in [0.2, 0.25) is 0 Å². The molecule has 0 fully saturated rings. The molecule has 0 saturated heterocycles. The van der Waals surface area contributed by atoms with Gasteiger partial charge in [0.15, 0.2) is 0 Å². The van der Waals surface area contributed by atoms with Crippen molar-refractivity contribution in [1.82, 2.24) is 20.5 Å². The number of rotatable bonds is 16. The van der Waals surface area contributed by atoms with Crippen LogP contribution < -0.4 is 15.4 Å². The Morgan fingerprint density at radius 3 is 2.42 bits per heavy atom. The van der Waals surface area contributed by atoms with Gasteiger partial charge in [-0.25, -0.2) is 4.98 Å². The molecule has 0 bridgehead atoms. The number of aliphatic hydroxyl groups excluding tert-OH is 1. The number of hydrogen-bond acceptors (Lipinski definition) is 7. The van der Waals surface area contributed by atoms with Crippen LogP contribution in [0, 0.1) is 6.92 Å². The highest BCUT2D eigenvalue weighted by Gasteiger charge is 2.24. The lowest BCUT2D eigenvalue weighted by Gasteiger charge is -2.25. The molecule has 0 aliphatic carbocycles. The van der Waals surface area contributed by atoms with E-state index in [1.807, 2.05) is 92.9 Å². The van der Waals surface area contributed by atoms with Crippen molar-refractivity contribution in [1.29, 1.82) is 0 Å². The topological polar surface area (TPSA) is 104 Å². The molecule has 4 rings (SSSR count). The zero-order valence-corrected chi connectivity index (χ0v) is 27.4. The fourth-order valence-electron chi connectivity index (χ4n) is 5.19. The second-order valence-electron chi connectivity index (χ2n) is 11.2. The van der Waals surface area contributed by atoms with E-state index in [4.69, 9.17) is 4.74 Å². The second-order valence-corrected chi connectivity index (χ2v) is 12.1. The van der Waals surface area contributed by atoms with Crippen LogP contribution in [0.4, 0.5) is 0 Å². The number of aromatic nitrogens is 1. The van der Waals surface area contributed by atoms with Crippen molar-refractivity contribution in [2.45, 2.75) is 65.3 Å². The Bertz CT molecular complexity index is 1540. The zero-order valence-electron chi connectivity index (χ0n) is 26.6. The van der Waals surface area contributed by atoms with E-state index in [1.54, 1.807) is 29.4 Å². The number of nitrogens with zero attached hydrogens (tertiary/aromatic N) is 2. The van der Waals surface area contributed by atoms with Gasteiger partial charge in [-0.2, -0.15) is 0 Å². The van der Waals surface area contributed by atoms with Crippen molar-refractivity contribution in [3.05, 3.63) is 117 Å². The maximum atomic E-state index is 13.8. The van der Waals surface area contributed by atoms with E-state index in [2.05, 4.69) is 15.6 Å². The van der Waals surface area contributed by atoms with E-state index in [1.165, 1.54) is 0 Å². The molecule has 0 radical (unpaired) electrons. The lowest BCUT2D eigenvalue weighted by atomic mass is 9.99. The van der Waals surface area contributed by atoms with Crippen LogP contribution in [0.25, 0.3) is 0 Å². The van der Waals surface area contributed by atoms with Crippen LogP contribution in [0.5, 0.6) is 5.75 Å². The predicted octanol–water partition coefficient (Wildman–Crippen LogP) is 5.57. The molecule has 8 nitrogen and oxygen atoms in total. The third-order valence-corrected chi connectivity index (χ3v) is 8.53. The number of hydrogen-bond donors (Lipinski definition) is 3. The summed E-state index contributed by atoms with van der Waals surface area (Å²) < 4.78 is 5.31. The second kappa shape index (κ2) is 16.9. The van der Waals surface area contributed by atoms with E-state index in [0.717, 1.165) is 39.6 Å².